The van der Waals surface area contributed by atoms with Gasteiger partial charge in [0.15, 0.2) is 0 Å². The van der Waals surface area contributed by atoms with E-state index >= 15 is 0 Å². The van der Waals surface area contributed by atoms with E-state index in [0.29, 0.717) is 22.4 Å². The van der Waals surface area contributed by atoms with Crippen molar-refractivity contribution in [1.82, 2.24) is 15.0 Å². The molecule has 0 spiro atoms. The van der Waals surface area contributed by atoms with Crippen LogP contribution in [0, 0.1) is 6.92 Å². The van der Waals surface area contributed by atoms with Crippen LogP contribution in [0.4, 0.5) is 0 Å². The summed E-state index contributed by atoms with van der Waals surface area (Å²) in [6.07, 6.45) is 1.37. The molecule has 7 nitrogen and oxygen atoms in total. The summed E-state index contributed by atoms with van der Waals surface area (Å²) in [5.74, 6) is -1.45. The van der Waals surface area contributed by atoms with E-state index in [-0.39, 0.29) is 12.5 Å². The summed E-state index contributed by atoms with van der Waals surface area (Å²) in [4.78, 5) is 29.3. The van der Waals surface area contributed by atoms with Crippen molar-refractivity contribution in [2.24, 2.45) is 0 Å². The molecule has 0 unspecified atom stereocenters. The van der Waals surface area contributed by atoms with Crippen molar-refractivity contribution < 1.29 is 19.2 Å². The van der Waals surface area contributed by atoms with Crippen molar-refractivity contribution in [3.8, 4) is 0 Å². The van der Waals surface area contributed by atoms with E-state index in [1.807, 2.05) is 0 Å². The molecular weight excluding hydrogens is 274 g/mol. The summed E-state index contributed by atoms with van der Waals surface area (Å²) >= 11 is 0. The molecule has 21 heavy (non-hydrogen) atoms. The molecule has 2 aromatic heterocycles. The summed E-state index contributed by atoms with van der Waals surface area (Å²) in [5, 5.41) is 13.7. The third-order valence-electron chi connectivity index (χ3n) is 3.52. The number of carbonyl (C=O) groups is 2. The number of hydrogen-bond acceptors (Lipinski definition) is 5. The Morgan fingerprint density at radius 1 is 1.43 bits per heavy atom. The molecule has 0 atom stereocenters. The van der Waals surface area contributed by atoms with E-state index in [0.717, 1.165) is 0 Å². The van der Waals surface area contributed by atoms with Crippen LogP contribution in [0.15, 0.2) is 16.8 Å². The van der Waals surface area contributed by atoms with Gasteiger partial charge in [0, 0.05) is 12.7 Å². The number of fused-ring (bicyclic) bond motifs is 1. The molecule has 7 heteroatoms. The average molecular weight is 291 g/mol. The van der Waals surface area contributed by atoms with Gasteiger partial charge in [-0.3, -0.25) is 4.79 Å². The molecule has 112 valence electrons. The molecule has 1 N–H and O–H groups in total. The fourth-order valence-electron chi connectivity index (χ4n) is 2.13. The second-order valence-electron chi connectivity index (χ2n) is 5.26. The van der Waals surface area contributed by atoms with Gasteiger partial charge in [-0.05, 0) is 33.8 Å². The topological polar surface area (TPSA) is 96.5 Å². The van der Waals surface area contributed by atoms with Crippen LogP contribution < -0.4 is 0 Å². The number of hydrogen-bond donors (Lipinski definition) is 1. The minimum atomic E-state index is -1.30. The van der Waals surface area contributed by atoms with Crippen LogP contribution in [0.5, 0.6) is 0 Å². The van der Waals surface area contributed by atoms with Crippen LogP contribution in [0.2, 0.25) is 0 Å². The molecule has 0 fully saturated rings. The Bertz CT molecular complexity index is 705. The van der Waals surface area contributed by atoms with E-state index < -0.39 is 11.5 Å². The van der Waals surface area contributed by atoms with Crippen molar-refractivity contribution in [1.29, 1.82) is 0 Å². The normalized spacial score (nSPS) is 11.6. The molecule has 2 heterocycles. The lowest BCUT2D eigenvalue weighted by atomic mass is 10.0. The van der Waals surface area contributed by atoms with Crippen molar-refractivity contribution in [3.63, 3.8) is 0 Å². The molecular formula is C14H17N3O4. The summed E-state index contributed by atoms with van der Waals surface area (Å²) in [6.45, 7) is 6.75. The van der Waals surface area contributed by atoms with E-state index in [1.54, 1.807) is 19.9 Å². The summed E-state index contributed by atoms with van der Waals surface area (Å²) in [7, 11) is 0. The summed E-state index contributed by atoms with van der Waals surface area (Å²) in [5.41, 5.74) is -0.00735. The molecule has 0 saturated carbocycles. The summed E-state index contributed by atoms with van der Waals surface area (Å²) < 4.78 is 5.00. The van der Waals surface area contributed by atoms with Crippen LogP contribution in [-0.2, 0) is 4.79 Å². The minimum Gasteiger partial charge on any atom is -0.480 e. The molecule has 0 radical (unpaired) electrons. The van der Waals surface area contributed by atoms with Gasteiger partial charge >= 0.3 is 5.97 Å². The van der Waals surface area contributed by atoms with Crippen molar-refractivity contribution >= 4 is 23.0 Å². The van der Waals surface area contributed by atoms with Crippen LogP contribution >= 0.6 is 0 Å². The standard InChI is InChI=1S/C14H17N3O4/c1-5-17(14(3,4)13(19)20)12(18)9-6-10-8(2)16-21-11(10)15-7-9/h6-7H,5H2,1-4H3,(H,19,20). The van der Waals surface area contributed by atoms with Gasteiger partial charge in [0.25, 0.3) is 11.6 Å². The highest BCUT2D eigenvalue weighted by Gasteiger charge is 2.37. The first-order chi connectivity index (χ1) is 9.78. The van der Waals surface area contributed by atoms with Gasteiger partial charge in [0.05, 0.1) is 16.6 Å². The minimum absolute atomic E-state index is 0.277. The van der Waals surface area contributed by atoms with Crippen LogP contribution in [0.3, 0.4) is 0 Å². The molecule has 0 aliphatic heterocycles. The first-order valence-corrected chi connectivity index (χ1v) is 6.56. The van der Waals surface area contributed by atoms with Gasteiger partial charge in [-0.1, -0.05) is 5.16 Å². The van der Waals surface area contributed by atoms with Gasteiger partial charge in [-0.25, -0.2) is 9.78 Å². The maximum absolute atomic E-state index is 12.6. The first kappa shape index (κ1) is 15.0. The highest BCUT2D eigenvalue weighted by atomic mass is 16.5. The Morgan fingerprint density at radius 3 is 2.67 bits per heavy atom. The molecule has 2 rings (SSSR count). The van der Waals surface area contributed by atoms with Gasteiger partial charge in [-0.2, -0.15) is 0 Å². The molecule has 0 saturated heterocycles. The molecule has 2 aromatic rings. The van der Waals surface area contributed by atoms with Gasteiger partial charge in [-0.15, -0.1) is 0 Å². The maximum atomic E-state index is 12.6. The number of aromatic nitrogens is 2. The number of aryl methyl sites for hydroxylation is 1. The molecule has 0 bridgehead atoms. The first-order valence-electron chi connectivity index (χ1n) is 6.56. The number of rotatable bonds is 4. The number of carboxylic acids is 1. The highest BCUT2D eigenvalue weighted by Crippen LogP contribution is 2.21. The lowest BCUT2D eigenvalue weighted by Crippen LogP contribution is -2.52. The van der Waals surface area contributed by atoms with Crippen LogP contribution in [0.25, 0.3) is 11.1 Å². The van der Waals surface area contributed by atoms with E-state index in [2.05, 4.69) is 10.1 Å². The van der Waals surface area contributed by atoms with Gasteiger partial charge in [0.2, 0.25) is 0 Å². The van der Waals surface area contributed by atoms with Crippen LogP contribution in [-0.4, -0.2) is 44.1 Å². The zero-order chi connectivity index (χ0) is 15.8. The Hall–Kier alpha value is -2.44. The van der Waals surface area contributed by atoms with Crippen LogP contribution in [0.1, 0.15) is 36.8 Å². The predicted molar refractivity (Wildman–Crippen MR) is 75.0 cm³/mol. The predicted octanol–water partition coefficient (Wildman–Crippen LogP) is 1.86. The van der Waals surface area contributed by atoms with Crippen molar-refractivity contribution in [2.45, 2.75) is 33.2 Å². The third kappa shape index (κ3) is 2.46. The maximum Gasteiger partial charge on any atom is 0.329 e. The van der Waals surface area contributed by atoms with E-state index in [1.165, 1.54) is 24.9 Å². The van der Waals surface area contributed by atoms with Gasteiger partial charge in [0.1, 0.15) is 5.54 Å². The largest absolute Gasteiger partial charge is 0.480 e. The van der Waals surface area contributed by atoms with Crippen molar-refractivity contribution in [2.75, 3.05) is 6.54 Å². The fraction of sp³-hybridized carbons (Fsp3) is 0.429. The Kier molecular flexibility index (Phi) is 3.67. The number of carboxylic acid groups (broad SMARTS) is 1. The second kappa shape index (κ2) is 5.16. The fourth-order valence-corrected chi connectivity index (χ4v) is 2.13. The second-order valence-corrected chi connectivity index (χ2v) is 5.26. The van der Waals surface area contributed by atoms with Gasteiger partial charge < -0.3 is 14.5 Å². The SMILES string of the molecule is CCN(C(=O)c1cnc2onc(C)c2c1)C(C)(C)C(=O)O. The Labute approximate surface area is 121 Å². The van der Waals surface area contributed by atoms with Crippen molar-refractivity contribution in [3.05, 3.63) is 23.5 Å². The van der Waals surface area contributed by atoms with E-state index in [4.69, 9.17) is 4.52 Å². The molecule has 0 aromatic carbocycles. The number of likely N-dealkylation sites (N-methyl/N-ethyl adjacent to an activating group) is 1. The average Bonchev–Trinajstić information content (AvgIpc) is 2.80. The lowest BCUT2D eigenvalue weighted by molar-refractivity contribution is -0.147. The Balaban J connectivity index is 2.44. The number of carbonyl (C=O) groups excluding carboxylic acids is 1. The smallest absolute Gasteiger partial charge is 0.329 e. The number of pyridine rings is 1. The molecule has 1 amide bonds. The quantitative estimate of drug-likeness (QED) is 0.923. The highest BCUT2D eigenvalue weighted by molar-refractivity contribution is 5.99. The third-order valence-corrected chi connectivity index (χ3v) is 3.52. The lowest BCUT2D eigenvalue weighted by Gasteiger charge is -2.34. The Morgan fingerprint density at radius 2 is 2.10 bits per heavy atom. The number of nitrogens with zero attached hydrogens (tertiary/aromatic N) is 3. The zero-order valence-electron chi connectivity index (χ0n) is 12.4. The molecule has 0 aliphatic carbocycles. The summed E-state index contributed by atoms with van der Waals surface area (Å²) in [6, 6.07) is 1.62. The zero-order valence-corrected chi connectivity index (χ0v) is 12.4. The molecule has 0 aliphatic rings. The monoisotopic (exact) mass is 291 g/mol. The number of amides is 1. The number of aliphatic carboxylic acids is 1. The van der Waals surface area contributed by atoms with E-state index in [9.17, 15) is 14.7 Å².